The summed E-state index contributed by atoms with van der Waals surface area (Å²) < 4.78 is 19.7. The molecule has 0 spiro atoms. The number of benzene rings is 4. The van der Waals surface area contributed by atoms with E-state index >= 15 is 0 Å². The number of nitrogens with zero attached hydrogens (tertiary/aromatic N) is 1. The number of hydrogen-bond donors (Lipinski definition) is 2. The summed E-state index contributed by atoms with van der Waals surface area (Å²) in [6.45, 7) is 4.35. The Kier molecular flexibility index (Phi) is 11.4. The van der Waals surface area contributed by atoms with Crippen LogP contribution in [0.3, 0.4) is 0 Å². The summed E-state index contributed by atoms with van der Waals surface area (Å²) in [5.74, 6) is -1.17. The largest absolute Gasteiger partial charge is 0.494 e. The zero-order valence-electron chi connectivity index (χ0n) is 24.3. The second-order valence-electron chi connectivity index (χ2n) is 10.2. The smallest absolute Gasteiger partial charge is 0.326 e. The van der Waals surface area contributed by atoms with E-state index in [0.717, 1.165) is 5.56 Å². The average molecular weight is 595 g/mol. The van der Waals surface area contributed by atoms with E-state index in [1.165, 1.54) is 12.1 Å². The van der Waals surface area contributed by atoms with Crippen LogP contribution >= 0.6 is 0 Å². The molecule has 0 aliphatic carbocycles. The average Bonchev–Trinajstić information content (AvgIpc) is 3.04. The van der Waals surface area contributed by atoms with Gasteiger partial charge in [-0.1, -0.05) is 66.7 Å². The van der Waals surface area contributed by atoms with Crippen LogP contribution in [0.1, 0.15) is 40.7 Å². The molecule has 0 heterocycles. The van der Waals surface area contributed by atoms with Gasteiger partial charge >= 0.3 is 5.97 Å². The highest BCUT2D eigenvalue weighted by Gasteiger charge is 2.21. The van der Waals surface area contributed by atoms with Crippen molar-refractivity contribution in [3.05, 3.63) is 138 Å². The number of para-hydroxylation sites is 1. The number of carboxylic acids is 1. The quantitative estimate of drug-likeness (QED) is 0.0830. The molecular weight excluding hydrogens is 559 g/mol. The molecule has 0 aliphatic rings. The van der Waals surface area contributed by atoms with Gasteiger partial charge in [0.1, 0.15) is 17.6 Å². The van der Waals surface area contributed by atoms with Crippen LogP contribution < -0.4 is 15.0 Å². The molecule has 0 aromatic heterocycles. The molecule has 7 nitrogen and oxygen atoms in total. The highest BCUT2D eigenvalue weighted by molar-refractivity contribution is 6.12. The fourth-order valence-electron chi connectivity index (χ4n) is 4.71. The first-order valence-electron chi connectivity index (χ1n) is 14.4. The van der Waals surface area contributed by atoms with Crippen LogP contribution in [0.15, 0.2) is 116 Å². The van der Waals surface area contributed by atoms with Gasteiger partial charge in [0, 0.05) is 41.9 Å². The van der Waals surface area contributed by atoms with Gasteiger partial charge in [-0.15, -0.1) is 6.58 Å². The van der Waals surface area contributed by atoms with Gasteiger partial charge in [0.15, 0.2) is 5.78 Å². The van der Waals surface area contributed by atoms with Crippen LogP contribution in [0.5, 0.6) is 5.75 Å². The lowest BCUT2D eigenvalue weighted by atomic mass is 10.00. The Morgan fingerprint density at radius 2 is 1.66 bits per heavy atom. The lowest BCUT2D eigenvalue weighted by Gasteiger charge is -2.23. The SMILES string of the molecule is C=CCCC(=O)N(CCCOc1ccc(C[C@H](Nc2ccccc2C(=O)c2ccccc2)C(=O)O)cc1)c1cccc(F)c1. The van der Waals surface area contributed by atoms with E-state index in [2.05, 4.69) is 11.9 Å². The Hall–Kier alpha value is -5.24. The van der Waals surface area contributed by atoms with E-state index in [1.54, 1.807) is 95.9 Å². The third-order valence-electron chi connectivity index (χ3n) is 6.98. The van der Waals surface area contributed by atoms with Gasteiger partial charge in [0.05, 0.1) is 6.61 Å². The second-order valence-corrected chi connectivity index (χ2v) is 10.2. The number of nitrogens with one attached hydrogen (secondary N) is 1. The van der Waals surface area contributed by atoms with Gasteiger partial charge in [0.25, 0.3) is 0 Å². The number of ketones is 1. The molecule has 226 valence electrons. The first-order valence-corrected chi connectivity index (χ1v) is 14.4. The van der Waals surface area contributed by atoms with Crippen molar-refractivity contribution in [1.82, 2.24) is 0 Å². The molecule has 4 rings (SSSR count). The predicted molar refractivity (Wildman–Crippen MR) is 170 cm³/mol. The summed E-state index contributed by atoms with van der Waals surface area (Å²) >= 11 is 0. The maximum Gasteiger partial charge on any atom is 0.326 e. The Morgan fingerprint density at radius 1 is 0.932 bits per heavy atom. The van der Waals surface area contributed by atoms with Crippen molar-refractivity contribution >= 4 is 29.0 Å². The van der Waals surface area contributed by atoms with E-state index in [-0.39, 0.29) is 24.5 Å². The molecule has 8 heteroatoms. The minimum Gasteiger partial charge on any atom is -0.494 e. The minimum absolute atomic E-state index is 0.117. The van der Waals surface area contributed by atoms with Gasteiger partial charge < -0.3 is 20.1 Å². The fraction of sp³-hybridized carbons (Fsp3) is 0.194. The molecule has 0 aliphatic heterocycles. The number of anilines is 2. The minimum atomic E-state index is -1.04. The van der Waals surface area contributed by atoms with E-state index in [4.69, 9.17) is 4.74 Å². The van der Waals surface area contributed by atoms with Crippen molar-refractivity contribution in [2.45, 2.75) is 31.7 Å². The number of aliphatic carboxylic acids is 1. The molecule has 1 amide bonds. The standard InChI is InChI=1S/C36H35FN2O5/c1-2-3-17-34(40)39(29-14-9-13-28(37)25-29)22-10-23-44-30-20-18-26(19-21-30)24-33(36(42)43)38-32-16-8-7-15-31(32)35(41)27-11-5-4-6-12-27/h2,4-9,11-16,18-21,25,33,38H,1,3,10,17,22-24H2,(H,42,43)/t33-/m0/s1. The summed E-state index contributed by atoms with van der Waals surface area (Å²) in [6.07, 6.45) is 3.19. The normalized spacial score (nSPS) is 11.3. The monoisotopic (exact) mass is 594 g/mol. The van der Waals surface area contributed by atoms with Crippen molar-refractivity contribution in [3.8, 4) is 5.75 Å². The predicted octanol–water partition coefficient (Wildman–Crippen LogP) is 6.93. The first kappa shape index (κ1) is 31.7. The van der Waals surface area contributed by atoms with Gasteiger partial charge in [0.2, 0.25) is 5.91 Å². The maximum atomic E-state index is 13.8. The van der Waals surface area contributed by atoms with Crippen molar-refractivity contribution in [3.63, 3.8) is 0 Å². The van der Waals surface area contributed by atoms with Crippen LogP contribution in [-0.4, -0.2) is 42.0 Å². The lowest BCUT2D eigenvalue weighted by Crippen LogP contribution is -2.32. The molecule has 0 radical (unpaired) electrons. The van der Waals surface area contributed by atoms with E-state index in [1.807, 2.05) is 6.07 Å². The summed E-state index contributed by atoms with van der Waals surface area (Å²) in [5, 5.41) is 13.0. The molecule has 4 aromatic carbocycles. The Balaban J connectivity index is 1.34. The number of ether oxygens (including phenoxy) is 1. The number of carbonyl (C=O) groups excluding carboxylic acids is 2. The van der Waals surface area contributed by atoms with Crippen molar-refractivity contribution in [2.24, 2.45) is 0 Å². The van der Waals surface area contributed by atoms with Gasteiger partial charge in [-0.25, -0.2) is 9.18 Å². The molecule has 1 atom stereocenters. The summed E-state index contributed by atoms with van der Waals surface area (Å²) in [6, 6.07) is 27.8. The number of carbonyl (C=O) groups is 3. The van der Waals surface area contributed by atoms with Crippen LogP contribution in [0, 0.1) is 5.82 Å². The van der Waals surface area contributed by atoms with E-state index in [0.29, 0.717) is 54.2 Å². The van der Waals surface area contributed by atoms with Gasteiger partial charge in [-0.3, -0.25) is 9.59 Å². The van der Waals surface area contributed by atoms with Crippen LogP contribution in [0.4, 0.5) is 15.8 Å². The number of carboxylic acid groups (broad SMARTS) is 1. The molecular formula is C36H35FN2O5. The fourth-order valence-corrected chi connectivity index (χ4v) is 4.71. The van der Waals surface area contributed by atoms with E-state index in [9.17, 15) is 23.9 Å². The number of rotatable bonds is 16. The number of halogens is 1. The Morgan fingerprint density at radius 3 is 2.36 bits per heavy atom. The number of hydrogen-bond acceptors (Lipinski definition) is 5. The molecule has 2 N–H and O–H groups in total. The maximum absolute atomic E-state index is 13.8. The summed E-state index contributed by atoms with van der Waals surface area (Å²) in [5.41, 5.74) is 2.63. The first-order chi connectivity index (χ1) is 21.4. The zero-order chi connectivity index (χ0) is 31.3. The van der Waals surface area contributed by atoms with Gasteiger partial charge in [-0.05, 0) is 60.9 Å². The third-order valence-corrected chi connectivity index (χ3v) is 6.98. The van der Waals surface area contributed by atoms with Crippen molar-refractivity contribution < 1.29 is 28.6 Å². The van der Waals surface area contributed by atoms with Crippen LogP contribution in [0.25, 0.3) is 0 Å². The number of amides is 1. The molecule has 0 unspecified atom stereocenters. The summed E-state index contributed by atoms with van der Waals surface area (Å²) in [7, 11) is 0. The van der Waals surface area contributed by atoms with Gasteiger partial charge in [-0.2, -0.15) is 0 Å². The molecule has 0 saturated heterocycles. The lowest BCUT2D eigenvalue weighted by molar-refractivity contribution is -0.137. The van der Waals surface area contributed by atoms with Crippen molar-refractivity contribution in [2.75, 3.05) is 23.4 Å². The second kappa shape index (κ2) is 15.8. The Labute approximate surface area is 256 Å². The highest BCUT2D eigenvalue weighted by atomic mass is 19.1. The van der Waals surface area contributed by atoms with Crippen LogP contribution in [-0.2, 0) is 16.0 Å². The van der Waals surface area contributed by atoms with E-state index < -0.39 is 17.8 Å². The highest BCUT2D eigenvalue weighted by Crippen LogP contribution is 2.22. The molecule has 0 bridgehead atoms. The topological polar surface area (TPSA) is 95.9 Å². The molecule has 0 saturated carbocycles. The van der Waals surface area contributed by atoms with Crippen LogP contribution in [0.2, 0.25) is 0 Å². The third kappa shape index (κ3) is 8.88. The number of allylic oxidation sites excluding steroid dienone is 1. The molecule has 44 heavy (non-hydrogen) atoms. The molecule has 4 aromatic rings. The van der Waals surface area contributed by atoms with Crippen molar-refractivity contribution in [1.29, 1.82) is 0 Å². The summed E-state index contributed by atoms with van der Waals surface area (Å²) in [4.78, 5) is 39.5. The molecule has 0 fully saturated rings. The Bertz CT molecular complexity index is 1570. The zero-order valence-corrected chi connectivity index (χ0v) is 24.3.